The molecule has 0 amide bonds. The number of hydrogen-bond acceptors (Lipinski definition) is 2. The van der Waals surface area contributed by atoms with Crippen molar-refractivity contribution in [2.24, 2.45) is 5.92 Å². The van der Waals surface area contributed by atoms with Gasteiger partial charge >= 0.3 is 6.36 Å². The molecule has 0 aliphatic heterocycles. The molecule has 0 bridgehead atoms. The first-order chi connectivity index (χ1) is 9.40. The summed E-state index contributed by atoms with van der Waals surface area (Å²) >= 11 is 0. The number of nitrogens with one attached hydrogen (secondary N) is 1. The van der Waals surface area contributed by atoms with E-state index in [1.807, 2.05) is 0 Å². The van der Waals surface area contributed by atoms with Gasteiger partial charge in [0.05, 0.1) is 0 Å². The maximum atomic E-state index is 12.0. The van der Waals surface area contributed by atoms with Gasteiger partial charge in [-0.2, -0.15) is 0 Å². The highest BCUT2D eigenvalue weighted by Crippen LogP contribution is 2.23. The van der Waals surface area contributed by atoms with Crippen molar-refractivity contribution >= 4 is 0 Å². The number of alkyl halides is 3. The number of hydrogen-bond donors (Lipinski definition) is 1. The van der Waals surface area contributed by atoms with E-state index in [0.29, 0.717) is 5.92 Å². The van der Waals surface area contributed by atoms with Crippen LogP contribution in [0, 0.1) is 5.92 Å². The number of halogens is 3. The van der Waals surface area contributed by atoms with Crippen molar-refractivity contribution in [3.63, 3.8) is 0 Å². The lowest BCUT2D eigenvalue weighted by molar-refractivity contribution is -0.274. The fourth-order valence-corrected chi connectivity index (χ4v) is 1.90. The standard InChI is InChI=1S/C15H22F3NO/c1-3-10-19-11-12(2)4-5-13-6-8-14(9-7-13)20-15(16,17)18/h6-9,12,19H,3-5,10-11H2,1-2H3. The van der Waals surface area contributed by atoms with E-state index in [4.69, 9.17) is 0 Å². The summed E-state index contributed by atoms with van der Waals surface area (Å²) in [6.45, 7) is 6.29. The van der Waals surface area contributed by atoms with Crippen LogP contribution in [0.5, 0.6) is 5.75 Å². The van der Waals surface area contributed by atoms with Gasteiger partial charge in [-0.05, 0) is 56.0 Å². The van der Waals surface area contributed by atoms with Crippen LogP contribution in [0.15, 0.2) is 24.3 Å². The molecule has 5 heteroatoms. The van der Waals surface area contributed by atoms with Crippen LogP contribution in [0.3, 0.4) is 0 Å². The zero-order valence-electron chi connectivity index (χ0n) is 12.0. The van der Waals surface area contributed by atoms with E-state index in [0.717, 1.165) is 37.9 Å². The second kappa shape index (κ2) is 8.15. The zero-order chi connectivity index (χ0) is 15.0. The van der Waals surface area contributed by atoms with Crippen molar-refractivity contribution in [2.45, 2.75) is 39.5 Å². The normalized spacial score (nSPS) is 13.2. The maximum Gasteiger partial charge on any atom is 0.573 e. The Bertz CT molecular complexity index is 376. The van der Waals surface area contributed by atoms with E-state index in [1.54, 1.807) is 12.1 Å². The Labute approximate surface area is 118 Å². The van der Waals surface area contributed by atoms with Gasteiger partial charge in [-0.1, -0.05) is 26.0 Å². The molecule has 0 heterocycles. The molecule has 1 unspecified atom stereocenters. The van der Waals surface area contributed by atoms with Gasteiger partial charge < -0.3 is 10.1 Å². The topological polar surface area (TPSA) is 21.3 Å². The predicted molar refractivity (Wildman–Crippen MR) is 73.8 cm³/mol. The number of rotatable bonds is 8. The smallest absolute Gasteiger partial charge is 0.406 e. The molecule has 0 radical (unpaired) electrons. The Morgan fingerprint density at radius 3 is 2.40 bits per heavy atom. The SMILES string of the molecule is CCCNCC(C)CCc1ccc(OC(F)(F)F)cc1. The second-order valence-electron chi connectivity index (χ2n) is 5.04. The average Bonchev–Trinajstić information content (AvgIpc) is 2.36. The Morgan fingerprint density at radius 2 is 1.85 bits per heavy atom. The molecule has 0 saturated carbocycles. The van der Waals surface area contributed by atoms with Crippen LogP contribution in [-0.4, -0.2) is 19.5 Å². The van der Waals surface area contributed by atoms with Crippen molar-refractivity contribution in [1.82, 2.24) is 5.32 Å². The van der Waals surface area contributed by atoms with E-state index >= 15 is 0 Å². The number of aryl methyl sites for hydroxylation is 1. The highest BCUT2D eigenvalue weighted by Gasteiger charge is 2.30. The molecule has 2 nitrogen and oxygen atoms in total. The molecule has 1 N–H and O–H groups in total. The summed E-state index contributed by atoms with van der Waals surface area (Å²) in [6.07, 6.45) is -1.63. The minimum atomic E-state index is -4.62. The van der Waals surface area contributed by atoms with Crippen molar-refractivity contribution in [3.8, 4) is 5.75 Å². The van der Waals surface area contributed by atoms with E-state index < -0.39 is 6.36 Å². The Morgan fingerprint density at radius 1 is 1.20 bits per heavy atom. The Hall–Kier alpha value is -1.23. The summed E-state index contributed by atoms with van der Waals surface area (Å²) in [4.78, 5) is 0. The summed E-state index contributed by atoms with van der Waals surface area (Å²) in [5.74, 6) is 0.381. The van der Waals surface area contributed by atoms with Gasteiger partial charge in [0.2, 0.25) is 0 Å². The Balaban J connectivity index is 2.34. The lowest BCUT2D eigenvalue weighted by Gasteiger charge is -2.13. The molecular weight excluding hydrogens is 267 g/mol. The molecule has 0 aromatic heterocycles. The highest BCUT2D eigenvalue weighted by atomic mass is 19.4. The predicted octanol–water partition coefficient (Wildman–Crippen LogP) is 4.15. The third-order valence-electron chi connectivity index (χ3n) is 3.00. The molecule has 0 spiro atoms. The molecule has 1 rings (SSSR count). The third kappa shape index (κ3) is 7.38. The van der Waals surface area contributed by atoms with Crippen LogP contribution >= 0.6 is 0 Å². The maximum absolute atomic E-state index is 12.0. The molecule has 114 valence electrons. The zero-order valence-corrected chi connectivity index (χ0v) is 12.0. The van der Waals surface area contributed by atoms with E-state index in [9.17, 15) is 13.2 Å². The molecule has 0 aliphatic carbocycles. The van der Waals surface area contributed by atoms with Crippen LogP contribution in [0.25, 0.3) is 0 Å². The minimum absolute atomic E-state index is 0.168. The van der Waals surface area contributed by atoms with E-state index in [2.05, 4.69) is 23.9 Å². The van der Waals surface area contributed by atoms with Crippen molar-refractivity contribution in [2.75, 3.05) is 13.1 Å². The molecular formula is C15H22F3NO. The Kier molecular flexibility index (Phi) is 6.85. The van der Waals surface area contributed by atoms with Gasteiger partial charge in [0.15, 0.2) is 0 Å². The van der Waals surface area contributed by atoms with Crippen molar-refractivity contribution < 1.29 is 17.9 Å². The summed E-state index contributed by atoms with van der Waals surface area (Å²) in [6, 6.07) is 6.10. The number of ether oxygens (including phenoxy) is 1. The average molecular weight is 289 g/mol. The highest BCUT2D eigenvalue weighted by molar-refractivity contribution is 5.27. The summed E-state index contributed by atoms with van der Waals surface area (Å²) < 4.78 is 39.9. The molecule has 0 saturated heterocycles. The fourth-order valence-electron chi connectivity index (χ4n) is 1.90. The second-order valence-corrected chi connectivity index (χ2v) is 5.04. The molecule has 0 fully saturated rings. The first-order valence-corrected chi connectivity index (χ1v) is 6.96. The van der Waals surface area contributed by atoms with Crippen molar-refractivity contribution in [1.29, 1.82) is 0 Å². The van der Waals surface area contributed by atoms with Gasteiger partial charge in [0, 0.05) is 0 Å². The van der Waals surface area contributed by atoms with Gasteiger partial charge in [0.1, 0.15) is 5.75 Å². The molecule has 20 heavy (non-hydrogen) atoms. The quantitative estimate of drug-likeness (QED) is 0.726. The summed E-state index contributed by atoms with van der Waals surface area (Å²) in [5.41, 5.74) is 1.03. The van der Waals surface area contributed by atoms with Gasteiger partial charge in [-0.15, -0.1) is 13.2 Å². The van der Waals surface area contributed by atoms with Gasteiger partial charge in [-0.25, -0.2) is 0 Å². The van der Waals surface area contributed by atoms with E-state index in [-0.39, 0.29) is 5.75 Å². The first kappa shape index (κ1) is 16.8. The van der Waals surface area contributed by atoms with Crippen LogP contribution in [0.1, 0.15) is 32.3 Å². The summed E-state index contributed by atoms with van der Waals surface area (Å²) in [7, 11) is 0. The van der Waals surface area contributed by atoms with Crippen LogP contribution in [-0.2, 0) is 6.42 Å². The minimum Gasteiger partial charge on any atom is -0.406 e. The molecule has 1 aromatic carbocycles. The van der Waals surface area contributed by atoms with Gasteiger partial charge in [0.25, 0.3) is 0 Å². The third-order valence-corrected chi connectivity index (χ3v) is 3.00. The van der Waals surface area contributed by atoms with Crippen molar-refractivity contribution in [3.05, 3.63) is 29.8 Å². The summed E-state index contributed by atoms with van der Waals surface area (Å²) in [5, 5.41) is 3.36. The monoisotopic (exact) mass is 289 g/mol. The lowest BCUT2D eigenvalue weighted by atomic mass is 10.0. The molecule has 1 aromatic rings. The fraction of sp³-hybridized carbons (Fsp3) is 0.600. The van der Waals surface area contributed by atoms with Gasteiger partial charge in [-0.3, -0.25) is 0 Å². The van der Waals surface area contributed by atoms with E-state index in [1.165, 1.54) is 12.1 Å². The first-order valence-electron chi connectivity index (χ1n) is 6.96. The largest absolute Gasteiger partial charge is 0.573 e. The molecule has 0 aliphatic rings. The van der Waals surface area contributed by atoms with Crippen LogP contribution in [0.4, 0.5) is 13.2 Å². The molecule has 1 atom stereocenters. The number of benzene rings is 1. The van der Waals surface area contributed by atoms with Crippen LogP contribution in [0.2, 0.25) is 0 Å². The van der Waals surface area contributed by atoms with Crippen LogP contribution < -0.4 is 10.1 Å². The lowest BCUT2D eigenvalue weighted by Crippen LogP contribution is -2.22.